The molecule has 3 aromatic rings. The Morgan fingerprint density at radius 1 is 1.07 bits per heavy atom. The Kier molecular flexibility index (Phi) is 6.31. The number of H-pyrrole nitrogens is 1. The predicted molar refractivity (Wildman–Crippen MR) is 108 cm³/mol. The zero-order valence-electron chi connectivity index (χ0n) is 16.1. The number of ether oxygens (including phenoxy) is 2. The van der Waals surface area contributed by atoms with Crippen LogP contribution in [-0.4, -0.2) is 41.7 Å². The van der Waals surface area contributed by atoms with Crippen LogP contribution < -0.4 is 10.1 Å². The van der Waals surface area contributed by atoms with E-state index in [9.17, 15) is 14.7 Å². The summed E-state index contributed by atoms with van der Waals surface area (Å²) in [4.78, 5) is 27.3. The Bertz CT molecular complexity index is 995. The van der Waals surface area contributed by atoms with Crippen molar-refractivity contribution in [2.75, 3.05) is 13.7 Å². The van der Waals surface area contributed by atoms with Gasteiger partial charge in [0.25, 0.3) is 5.91 Å². The number of aliphatic hydroxyl groups excluding tert-OH is 1. The fraction of sp³-hybridized carbons (Fsp3) is 0.182. The topological polar surface area (TPSA) is 101 Å². The molecule has 3 N–H and O–H groups in total. The SMILES string of the molecule is COC(=O)c1cc(Oc2ccccc2)cc(-c2ccc(C(=O)NC[C@@H](C)O)[nH]2)c1. The monoisotopic (exact) mass is 394 g/mol. The maximum atomic E-state index is 12.2. The van der Waals surface area contributed by atoms with E-state index in [0.29, 0.717) is 34.0 Å². The quantitative estimate of drug-likeness (QED) is 0.534. The van der Waals surface area contributed by atoms with Crippen LogP contribution in [0.2, 0.25) is 0 Å². The van der Waals surface area contributed by atoms with Gasteiger partial charge in [-0.05, 0) is 49.4 Å². The number of rotatable bonds is 7. The fourth-order valence-corrected chi connectivity index (χ4v) is 2.71. The Morgan fingerprint density at radius 3 is 2.52 bits per heavy atom. The fourth-order valence-electron chi connectivity index (χ4n) is 2.71. The average molecular weight is 394 g/mol. The van der Waals surface area contributed by atoms with E-state index in [0.717, 1.165) is 0 Å². The highest BCUT2D eigenvalue weighted by atomic mass is 16.5. The minimum atomic E-state index is -0.636. The summed E-state index contributed by atoms with van der Waals surface area (Å²) in [6.07, 6.45) is -0.636. The number of hydrogen-bond donors (Lipinski definition) is 3. The molecule has 1 amide bonds. The van der Waals surface area contributed by atoms with Crippen molar-refractivity contribution >= 4 is 11.9 Å². The number of methoxy groups -OCH3 is 1. The Balaban J connectivity index is 1.91. The highest BCUT2D eigenvalue weighted by molar-refractivity contribution is 5.94. The average Bonchev–Trinajstić information content (AvgIpc) is 3.22. The van der Waals surface area contributed by atoms with Crippen molar-refractivity contribution in [2.45, 2.75) is 13.0 Å². The molecule has 1 heterocycles. The van der Waals surface area contributed by atoms with Crippen LogP contribution in [0.5, 0.6) is 11.5 Å². The molecule has 7 nitrogen and oxygen atoms in total. The van der Waals surface area contributed by atoms with Gasteiger partial charge in [0, 0.05) is 17.8 Å². The number of carbonyl (C=O) groups is 2. The second kappa shape index (κ2) is 9.07. The van der Waals surface area contributed by atoms with Crippen LogP contribution in [0.4, 0.5) is 0 Å². The number of para-hydroxylation sites is 1. The molecule has 0 radical (unpaired) electrons. The normalized spacial score (nSPS) is 11.6. The standard InChI is InChI=1S/C22H22N2O5/c1-14(25)13-23-21(26)20-9-8-19(24-20)15-10-16(22(27)28-2)12-18(11-15)29-17-6-4-3-5-7-17/h3-12,14,24-25H,13H2,1-2H3,(H,23,26)/t14-/m1/s1. The van der Waals surface area contributed by atoms with Crippen LogP contribution in [-0.2, 0) is 4.74 Å². The van der Waals surface area contributed by atoms with E-state index in [1.54, 1.807) is 37.3 Å². The van der Waals surface area contributed by atoms with Gasteiger partial charge in [-0.25, -0.2) is 4.79 Å². The third-order valence-corrected chi connectivity index (χ3v) is 4.11. The number of esters is 1. The summed E-state index contributed by atoms with van der Waals surface area (Å²) in [5.74, 6) is 0.266. The van der Waals surface area contributed by atoms with Crippen LogP contribution in [0.3, 0.4) is 0 Å². The Labute approximate surface area is 168 Å². The lowest BCUT2D eigenvalue weighted by Crippen LogP contribution is -2.30. The molecule has 0 fully saturated rings. The van der Waals surface area contributed by atoms with Crippen LogP contribution in [0.25, 0.3) is 11.3 Å². The molecular weight excluding hydrogens is 372 g/mol. The van der Waals surface area contributed by atoms with Crippen molar-refractivity contribution in [3.05, 3.63) is 71.9 Å². The molecule has 3 rings (SSSR count). The summed E-state index contributed by atoms with van der Waals surface area (Å²) in [5.41, 5.74) is 1.96. The molecule has 150 valence electrons. The van der Waals surface area contributed by atoms with E-state index in [-0.39, 0.29) is 12.5 Å². The van der Waals surface area contributed by atoms with Gasteiger partial charge in [0.1, 0.15) is 17.2 Å². The lowest BCUT2D eigenvalue weighted by Gasteiger charge is -2.10. The van der Waals surface area contributed by atoms with Crippen LogP contribution in [0.15, 0.2) is 60.7 Å². The summed E-state index contributed by atoms with van der Waals surface area (Å²) >= 11 is 0. The Hall–Kier alpha value is -3.58. The van der Waals surface area contributed by atoms with Gasteiger partial charge in [0.15, 0.2) is 0 Å². The van der Waals surface area contributed by atoms with Crippen molar-refractivity contribution < 1.29 is 24.2 Å². The van der Waals surface area contributed by atoms with Gasteiger partial charge in [0.05, 0.1) is 18.8 Å². The van der Waals surface area contributed by atoms with Gasteiger partial charge in [-0.1, -0.05) is 18.2 Å². The van der Waals surface area contributed by atoms with Gasteiger partial charge < -0.3 is 24.9 Å². The van der Waals surface area contributed by atoms with Gasteiger partial charge in [-0.3, -0.25) is 4.79 Å². The molecule has 29 heavy (non-hydrogen) atoms. The van der Waals surface area contributed by atoms with Gasteiger partial charge >= 0.3 is 5.97 Å². The molecule has 7 heteroatoms. The zero-order chi connectivity index (χ0) is 20.8. The van der Waals surface area contributed by atoms with Crippen molar-refractivity contribution in [3.8, 4) is 22.8 Å². The number of nitrogens with one attached hydrogen (secondary N) is 2. The van der Waals surface area contributed by atoms with Crippen molar-refractivity contribution in [2.24, 2.45) is 0 Å². The molecule has 0 saturated carbocycles. The van der Waals surface area contributed by atoms with E-state index in [2.05, 4.69) is 10.3 Å². The van der Waals surface area contributed by atoms with Crippen LogP contribution in [0.1, 0.15) is 27.8 Å². The predicted octanol–water partition coefficient (Wildman–Crippen LogP) is 3.37. The first-order valence-corrected chi connectivity index (χ1v) is 9.08. The molecule has 0 bridgehead atoms. The first kappa shape index (κ1) is 20.2. The molecule has 0 saturated heterocycles. The number of aromatic amines is 1. The van der Waals surface area contributed by atoms with Gasteiger partial charge in [-0.2, -0.15) is 0 Å². The number of hydrogen-bond acceptors (Lipinski definition) is 5. The van der Waals surface area contributed by atoms with E-state index in [4.69, 9.17) is 9.47 Å². The molecule has 1 aromatic heterocycles. The summed E-state index contributed by atoms with van der Waals surface area (Å²) in [7, 11) is 1.31. The van der Waals surface area contributed by atoms with Crippen molar-refractivity contribution in [1.29, 1.82) is 0 Å². The van der Waals surface area contributed by atoms with E-state index >= 15 is 0 Å². The zero-order valence-corrected chi connectivity index (χ0v) is 16.1. The minimum absolute atomic E-state index is 0.153. The van der Waals surface area contributed by atoms with E-state index < -0.39 is 12.1 Å². The van der Waals surface area contributed by atoms with Crippen molar-refractivity contribution in [3.63, 3.8) is 0 Å². The number of benzene rings is 2. The lowest BCUT2D eigenvalue weighted by atomic mass is 10.1. The molecule has 0 aliphatic carbocycles. The van der Waals surface area contributed by atoms with Gasteiger partial charge in [0.2, 0.25) is 0 Å². The second-order valence-corrected chi connectivity index (χ2v) is 6.50. The largest absolute Gasteiger partial charge is 0.465 e. The van der Waals surface area contributed by atoms with Gasteiger partial charge in [-0.15, -0.1) is 0 Å². The molecule has 0 unspecified atom stereocenters. The number of amides is 1. The summed E-state index contributed by atoms with van der Waals surface area (Å²) < 4.78 is 10.7. The maximum absolute atomic E-state index is 12.2. The second-order valence-electron chi connectivity index (χ2n) is 6.50. The summed E-state index contributed by atoms with van der Waals surface area (Å²) in [6, 6.07) is 17.6. The molecule has 0 aliphatic heterocycles. The number of carbonyl (C=O) groups excluding carboxylic acids is 2. The third kappa shape index (κ3) is 5.24. The minimum Gasteiger partial charge on any atom is -0.465 e. The van der Waals surface area contributed by atoms with Crippen molar-refractivity contribution in [1.82, 2.24) is 10.3 Å². The number of aliphatic hydroxyl groups is 1. The highest BCUT2D eigenvalue weighted by Crippen LogP contribution is 2.29. The smallest absolute Gasteiger partial charge is 0.338 e. The molecule has 1 atom stereocenters. The van der Waals surface area contributed by atoms with E-state index in [1.165, 1.54) is 7.11 Å². The summed E-state index contributed by atoms with van der Waals surface area (Å²) in [6.45, 7) is 1.74. The highest BCUT2D eigenvalue weighted by Gasteiger charge is 2.14. The summed E-state index contributed by atoms with van der Waals surface area (Å²) in [5, 5.41) is 11.9. The molecular formula is C22H22N2O5. The van der Waals surface area contributed by atoms with E-state index in [1.807, 2.05) is 30.3 Å². The molecule has 0 aliphatic rings. The van der Waals surface area contributed by atoms with Crippen LogP contribution >= 0.6 is 0 Å². The maximum Gasteiger partial charge on any atom is 0.338 e. The molecule has 0 spiro atoms. The lowest BCUT2D eigenvalue weighted by molar-refractivity contribution is 0.0600. The number of aromatic nitrogens is 1. The van der Waals surface area contributed by atoms with Crippen LogP contribution in [0, 0.1) is 0 Å². The first-order valence-electron chi connectivity index (χ1n) is 9.08. The Morgan fingerprint density at radius 2 is 1.83 bits per heavy atom. The third-order valence-electron chi connectivity index (χ3n) is 4.11. The molecule has 2 aromatic carbocycles. The first-order chi connectivity index (χ1) is 14.0.